The Balaban J connectivity index is 0.000000545. The Bertz CT molecular complexity index is 585. The van der Waals surface area contributed by atoms with E-state index in [0.717, 1.165) is 37.6 Å². The summed E-state index contributed by atoms with van der Waals surface area (Å²) in [5.74, 6) is 1.01. The first-order chi connectivity index (χ1) is 10.7. The molecule has 1 aliphatic rings. The van der Waals surface area contributed by atoms with Gasteiger partial charge in [-0.3, -0.25) is 4.79 Å². The van der Waals surface area contributed by atoms with Crippen molar-refractivity contribution in [3.63, 3.8) is 0 Å². The maximum Gasteiger partial charge on any atom is 0.290 e. The molecule has 0 saturated carbocycles. The van der Waals surface area contributed by atoms with Crippen molar-refractivity contribution in [2.75, 3.05) is 13.2 Å². The minimum atomic E-state index is -0.250. The van der Waals surface area contributed by atoms with Gasteiger partial charge in [0.1, 0.15) is 5.69 Å². The predicted molar refractivity (Wildman–Crippen MR) is 81.6 cm³/mol. The van der Waals surface area contributed by atoms with Gasteiger partial charge in [-0.2, -0.15) is 0 Å². The highest BCUT2D eigenvalue weighted by molar-refractivity contribution is 5.49. The van der Waals surface area contributed by atoms with Gasteiger partial charge in [-0.15, -0.1) is 0 Å². The lowest BCUT2D eigenvalue weighted by molar-refractivity contribution is -0.122. The second-order valence-electron chi connectivity index (χ2n) is 5.39. The number of ether oxygens (including phenoxy) is 1. The van der Waals surface area contributed by atoms with Crippen LogP contribution in [0.5, 0.6) is 0 Å². The van der Waals surface area contributed by atoms with E-state index in [0.29, 0.717) is 12.1 Å². The van der Waals surface area contributed by atoms with Crippen molar-refractivity contribution in [2.24, 2.45) is 0 Å². The quantitative estimate of drug-likeness (QED) is 0.880. The van der Waals surface area contributed by atoms with Gasteiger partial charge in [0, 0.05) is 37.7 Å². The maximum atomic E-state index is 8.36. The average molecular weight is 306 g/mol. The number of hydrogen-bond acceptors (Lipinski definition) is 4. The molecule has 1 aliphatic heterocycles. The van der Waals surface area contributed by atoms with E-state index in [1.54, 1.807) is 0 Å². The Morgan fingerprint density at radius 3 is 2.73 bits per heavy atom. The van der Waals surface area contributed by atoms with Crippen LogP contribution in [0.15, 0.2) is 24.9 Å². The monoisotopic (exact) mass is 306 g/mol. The van der Waals surface area contributed by atoms with Crippen LogP contribution in [0.1, 0.15) is 38.8 Å². The lowest BCUT2D eigenvalue weighted by atomic mass is 10.1. The standard InChI is InChI=1S/C14H20N4O.CH2O2/c1-11(2)18-10-15-9-13(18)14-16-5-6-17(14)12-3-7-19-8-4-12;2-1-3/h5-6,9-12H,3-4,7-8H2,1-2H3;1H,(H,2,3). The van der Waals surface area contributed by atoms with Gasteiger partial charge in [0.2, 0.25) is 0 Å². The van der Waals surface area contributed by atoms with Gasteiger partial charge < -0.3 is 19.0 Å². The summed E-state index contributed by atoms with van der Waals surface area (Å²) in [6, 6.07) is 0.874. The number of rotatable bonds is 3. The number of carboxylic acid groups (broad SMARTS) is 1. The van der Waals surface area contributed by atoms with E-state index in [4.69, 9.17) is 14.6 Å². The summed E-state index contributed by atoms with van der Waals surface area (Å²) in [7, 11) is 0. The first-order valence-electron chi connectivity index (χ1n) is 7.39. The second-order valence-corrected chi connectivity index (χ2v) is 5.39. The fraction of sp³-hybridized carbons (Fsp3) is 0.533. The Morgan fingerprint density at radius 1 is 1.41 bits per heavy atom. The summed E-state index contributed by atoms with van der Waals surface area (Å²) in [4.78, 5) is 17.2. The molecule has 0 atom stereocenters. The molecule has 0 spiro atoms. The molecule has 22 heavy (non-hydrogen) atoms. The molecular formula is C15H22N4O3. The fourth-order valence-electron chi connectivity index (χ4n) is 2.66. The summed E-state index contributed by atoms with van der Waals surface area (Å²) < 4.78 is 9.88. The Labute approximate surface area is 129 Å². The highest BCUT2D eigenvalue weighted by atomic mass is 16.5. The van der Waals surface area contributed by atoms with Crippen molar-refractivity contribution in [3.05, 3.63) is 24.9 Å². The third-order valence-corrected chi connectivity index (χ3v) is 3.70. The van der Waals surface area contributed by atoms with Crippen molar-refractivity contribution in [1.82, 2.24) is 19.1 Å². The minimum absolute atomic E-state index is 0.250. The Morgan fingerprint density at radius 2 is 2.09 bits per heavy atom. The van der Waals surface area contributed by atoms with E-state index in [2.05, 4.69) is 39.1 Å². The predicted octanol–water partition coefficient (Wildman–Crippen LogP) is 2.38. The molecule has 1 saturated heterocycles. The van der Waals surface area contributed by atoms with Crippen LogP contribution in [-0.4, -0.2) is 43.9 Å². The summed E-state index contributed by atoms with van der Waals surface area (Å²) in [6.45, 7) is 5.75. The van der Waals surface area contributed by atoms with Crippen LogP contribution in [-0.2, 0) is 9.53 Å². The van der Waals surface area contributed by atoms with Crippen LogP contribution in [0, 0.1) is 0 Å². The van der Waals surface area contributed by atoms with Gasteiger partial charge in [0.15, 0.2) is 5.82 Å². The highest BCUT2D eigenvalue weighted by Crippen LogP contribution is 2.28. The van der Waals surface area contributed by atoms with Crippen molar-refractivity contribution >= 4 is 6.47 Å². The molecule has 7 heteroatoms. The molecule has 0 radical (unpaired) electrons. The van der Waals surface area contributed by atoms with Gasteiger partial charge in [-0.05, 0) is 26.7 Å². The molecule has 2 aromatic rings. The molecule has 0 amide bonds. The van der Waals surface area contributed by atoms with Gasteiger partial charge >= 0.3 is 0 Å². The molecule has 0 bridgehead atoms. The van der Waals surface area contributed by atoms with E-state index < -0.39 is 0 Å². The Hall–Kier alpha value is -2.15. The molecule has 2 aromatic heterocycles. The van der Waals surface area contributed by atoms with Crippen LogP contribution < -0.4 is 0 Å². The molecule has 0 unspecified atom stereocenters. The fourth-order valence-corrected chi connectivity index (χ4v) is 2.66. The lowest BCUT2D eigenvalue weighted by Gasteiger charge is -2.25. The van der Waals surface area contributed by atoms with Crippen molar-refractivity contribution in [1.29, 1.82) is 0 Å². The van der Waals surface area contributed by atoms with E-state index in [-0.39, 0.29) is 6.47 Å². The minimum Gasteiger partial charge on any atom is -0.483 e. The maximum absolute atomic E-state index is 8.36. The topological polar surface area (TPSA) is 82.2 Å². The highest BCUT2D eigenvalue weighted by Gasteiger charge is 2.20. The SMILES string of the molecule is CC(C)n1cncc1-c1nccn1C1CCOCC1.O=CO. The van der Waals surface area contributed by atoms with Crippen LogP contribution in [0.25, 0.3) is 11.5 Å². The second kappa shape index (κ2) is 7.74. The number of imidazole rings is 2. The molecule has 1 N–H and O–H groups in total. The average Bonchev–Trinajstić information content (AvgIpc) is 3.17. The van der Waals surface area contributed by atoms with Crippen molar-refractivity contribution in [3.8, 4) is 11.5 Å². The molecule has 7 nitrogen and oxygen atoms in total. The van der Waals surface area contributed by atoms with Gasteiger partial charge in [0.25, 0.3) is 6.47 Å². The first kappa shape index (κ1) is 16.2. The van der Waals surface area contributed by atoms with Gasteiger partial charge in [-0.1, -0.05) is 0 Å². The van der Waals surface area contributed by atoms with Gasteiger partial charge in [0.05, 0.1) is 12.5 Å². The summed E-state index contributed by atoms with van der Waals surface area (Å²) >= 11 is 0. The summed E-state index contributed by atoms with van der Waals surface area (Å²) in [5, 5.41) is 6.89. The molecule has 3 heterocycles. The smallest absolute Gasteiger partial charge is 0.290 e. The largest absolute Gasteiger partial charge is 0.483 e. The van der Waals surface area contributed by atoms with Crippen molar-refractivity contribution < 1.29 is 14.6 Å². The molecule has 120 valence electrons. The third kappa shape index (κ3) is 3.54. The number of carbonyl (C=O) groups is 1. The van der Waals surface area contributed by atoms with Crippen molar-refractivity contribution in [2.45, 2.75) is 38.8 Å². The van der Waals surface area contributed by atoms with Crippen LogP contribution in [0.3, 0.4) is 0 Å². The summed E-state index contributed by atoms with van der Waals surface area (Å²) in [5.41, 5.74) is 1.09. The lowest BCUT2D eigenvalue weighted by Crippen LogP contribution is -2.20. The number of aromatic nitrogens is 4. The normalized spacial score (nSPS) is 15.4. The molecule has 3 rings (SSSR count). The van der Waals surface area contributed by atoms with E-state index in [1.807, 2.05) is 18.7 Å². The summed E-state index contributed by atoms with van der Waals surface area (Å²) in [6.07, 6.45) is 9.84. The Kier molecular flexibility index (Phi) is 5.71. The van der Waals surface area contributed by atoms with E-state index >= 15 is 0 Å². The van der Waals surface area contributed by atoms with Crippen LogP contribution in [0.2, 0.25) is 0 Å². The van der Waals surface area contributed by atoms with Gasteiger partial charge in [-0.25, -0.2) is 9.97 Å². The van der Waals surface area contributed by atoms with Crippen LogP contribution in [0.4, 0.5) is 0 Å². The van der Waals surface area contributed by atoms with Crippen LogP contribution >= 0.6 is 0 Å². The third-order valence-electron chi connectivity index (χ3n) is 3.70. The zero-order valence-corrected chi connectivity index (χ0v) is 12.9. The van der Waals surface area contributed by atoms with E-state index in [1.165, 1.54) is 0 Å². The first-order valence-corrected chi connectivity index (χ1v) is 7.39. The number of nitrogens with zero attached hydrogens (tertiary/aromatic N) is 4. The molecular weight excluding hydrogens is 284 g/mol. The van der Waals surface area contributed by atoms with E-state index in [9.17, 15) is 0 Å². The molecule has 0 aliphatic carbocycles. The molecule has 0 aromatic carbocycles. The number of hydrogen-bond donors (Lipinski definition) is 1. The zero-order chi connectivity index (χ0) is 15.9. The molecule has 1 fully saturated rings. The zero-order valence-electron chi connectivity index (χ0n) is 12.9.